The smallest absolute Gasteiger partial charge is 0.407 e. The molecule has 1 aromatic carbocycles. The van der Waals surface area contributed by atoms with E-state index in [1.165, 1.54) is 0 Å². The summed E-state index contributed by atoms with van der Waals surface area (Å²) in [4.78, 5) is 17.9. The Morgan fingerprint density at radius 1 is 1.10 bits per heavy atom. The van der Waals surface area contributed by atoms with Crippen LogP contribution in [0.2, 0.25) is 0 Å². The normalized spacial score (nSPS) is 11.5. The zero-order chi connectivity index (χ0) is 21.7. The molecule has 3 N–H and O–H groups in total. The molecule has 0 saturated carbocycles. The summed E-state index contributed by atoms with van der Waals surface area (Å²) in [5, 5.41) is 9.27. The number of halogens is 1. The Bertz CT molecular complexity index is 648. The first-order valence-electron chi connectivity index (χ1n) is 9.98. The van der Waals surface area contributed by atoms with Crippen molar-refractivity contribution in [3.05, 3.63) is 29.8 Å². The lowest BCUT2D eigenvalue weighted by molar-refractivity contribution is 0.0527. The number of hydrogen-bond donors (Lipinski definition) is 3. The van der Waals surface area contributed by atoms with Gasteiger partial charge >= 0.3 is 6.09 Å². The average molecular weight is 535 g/mol. The van der Waals surface area contributed by atoms with Gasteiger partial charge in [0.05, 0.1) is 0 Å². The first kappa shape index (κ1) is 28.2. The average Bonchev–Trinajstić information content (AvgIpc) is 2.63. The number of aliphatic imine (C=N–C) groups is 1. The number of nitrogens with zero attached hydrogens (tertiary/aromatic N) is 2. The number of carbonyl (C=O) groups is 1. The summed E-state index contributed by atoms with van der Waals surface area (Å²) in [5.41, 5.74) is 0.585. The highest BCUT2D eigenvalue weighted by atomic mass is 127. The van der Waals surface area contributed by atoms with Gasteiger partial charge in [-0.15, -0.1) is 24.0 Å². The third-order valence-electron chi connectivity index (χ3n) is 3.75. The van der Waals surface area contributed by atoms with Gasteiger partial charge in [0.2, 0.25) is 0 Å². The summed E-state index contributed by atoms with van der Waals surface area (Å²) in [6.45, 7) is 8.84. The fraction of sp³-hybridized carbons (Fsp3) is 0.619. The van der Waals surface area contributed by atoms with Gasteiger partial charge in [0.25, 0.3) is 0 Å². The number of amides is 1. The zero-order valence-corrected chi connectivity index (χ0v) is 21.4. The molecule has 8 nitrogen and oxygen atoms in total. The van der Waals surface area contributed by atoms with Crippen LogP contribution in [0.5, 0.6) is 5.75 Å². The van der Waals surface area contributed by atoms with E-state index in [-0.39, 0.29) is 24.0 Å². The summed E-state index contributed by atoms with van der Waals surface area (Å²) in [5.74, 6) is 1.57. The number of nitrogens with one attached hydrogen (secondary N) is 3. The first-order chi connectivity index (χ1) is 13.7. The van der Waals surface area contributed by atoms with E-state index in [0.29, 0.717) is 32.2 Å². The van der Waals surface area contributed by atoms with Gasteiger partial charge < -0.3 is 30.3 Å². The second-order valence-corrected chi connectivity index (χ2v) is 7.89. The van der Waals surface area contributed by atoms with E-state index < -0.39 is 11.7 Å². The van der Waals surface area contributed by atoms with Crippen molar-refractivity contribution >= 4 is 36.0 Å². The number of carbonyl (C=O) groups excluding carboxylic acids is 1. The standard InChI is InChI=1S/C21H37N5O3.HI/c1-21(2,3)29-20(27)24-13-9-12-23-19(22-4)25-16-17-10-7-8-11-18(17)28-15-14-26(5)6;/h7-8,10-11H,9,12-16H2,1-6H3,(H,24,27)(H2,22,23,25);1H. The van der Waals surface area contributed by atoms with Crippen LogP contribution in [0, 0.1) is 0 Å². The minimum Gasteiger partial charge on any atom is -0.492 e. The lowest BCUT2D eigenvalue weighted by Crippen LogP contribution is -2.39. The number of para-hydroxylation sites is 1. The molecule has 0 atom stereocenters. The maximum Gasteiger partial charge on any atom is 0.407 e. The van der Waals surface area contributed by atoms with Crippen molar-refractivity contribution in [3.63, 3.8) is 0 Å². The molecule has 0 aliphatic carbocycles. The topological polar surface area (TPSA) is 87.2 Å². The molecule has 1 rings (SSSR count). The SMILES string of the molecule is CN=C(NCCCNC(=O)OC(C)(C)C)NCc1ccccc1OCCN(C)C.I. The molecule has 0 saturated heterocycles. The number of likely N-dealkylation sites (N-methyl/N-ethyl adjacent to an activating group) is 1. The molecule has 0 aliphatic heterocycles. The van der Waals surface area contributed by atoms with Crippen molar-refractivity contribution in [1.29, 1.82) is 0 Å². The molecule has 9 heteroatoms. The van der Waals surface area contributed by atoms with E-state index >= 15 is 0 Å². The summed E-state index contributed by atoms with van der Waals surface area (Å²) < 4.78 is 11.1. The Labute approximate surface area is 198 Å². The van der Waals surface area contributed by atoms with Crippen molar-refractivity contribution in [1.82, 2.24) is 20.9 Å². The van der Waals surface area contributed by atoms with E-state index in [4.69, 9.17) is 9.47 Å². The molecule has 30 heavy (non-hydrogen) atoms. The molecule has 0 fully saturated rings. The first-order valence-corrected chi connectivity index (χ1v) is 9.98. The van der Waals surface area contributed by atoms with E-state index in [9.17, 15) is 4.79 Å². The lowest BCUT2D eigenvalue weighted by atomic mass is 10.2. The van der Waals surface area contributed by atoms with Gasteiger partial charge in [-0.1, -0.05) is 18.2 Å². The molecule has 0 spiro atoms. The number of hydrogen-bond acceptors (Lipinski definition) is 5. The quantitative estimate of drug-likeness (QED) is 0.185. The van der Waals surface area contributed by atoms with Crippen molar-refractivity contribution in [2.45, 2.75) is 39.3 Å². The zero-order valence-electron chi connectivity index (χ0n) is 19.1. The van der Waals surface area contributed by atoms with Crippen molar-refractivity contribution in [3.8, 4) is 5.75 Å². The molecular formula is C21H38IN5O3. The largest absolute Gasteiger partial charge is 0.492 e. The van der Waals surface area contributed by atoms with Crippen LogP contribution in [-0.4, -0.2) is 69.9 Å². The third-order valence-corrected chi connectivity index (χ3v) is 3.75. The van der Waals surface area contributed by atoms with Crippen LogP contribution in [0.25, 0.3) is 0 Å². The summed E-state index contributed by atoms with van der Waals surface area (Å²) in [6, 6.07) is 7.98. The Balaban J connectivity index is 0.00000841. The second-order valence-electron chi connectivity index (χ2n) is 7.89. The van der Waals surface area contributed by atoms with E-state index in [0.717, 1.165) is 24.3 Å². The van der Waals surface area contributed by atoms with Crippen LogP contribution in [0.15, 0.2) is 29.3 Å². The highest BCUT2D eigenvalue weighted by Gasteiger charge is 2.15. The van der Waals surface area contributed by atoms with Crippen LogP contribution in [0.3, 0.4) is 0 Å². The lowest BCUT2D eigenvalue weighted by Gasteiger charge is -2.19. The highest BCUT2D eigenvalue weighted by Crippen LogP contribution is 2.17. The monoisotopic (exact) mass is 535 g/mol. The second kappa shape index (κ2) is 15.1. The number of benzene rings is 1. The molecule has 1 amide bonds. The Kier molecular flexibility index (Phi) is 14.2. The van der Waals surface area contributed by atoms with E-state index in [1.807, 2.05) is 59.1 Å². The van der Waals surface area contributed by atoms with Gasteiger partial charge in [-0.2, -0.15) is 0 Å². The van der Waals surface area contributed by atoms with Crippen LogP contribution in [-0.2, 0) is 11.3 Å². The number of rotatable bonds is 10. The van der Waals surface area contributed by atoms with E-state index in [1.54, 1.807) is 7.05 Å². The molecule has 0 unspecified atom stereocenters. The fourth-order valence-corrected chi connectivity index (χ4v) is 2.33. The Morgan fingerprint density at radius 2 is 1.77 bits per heavy atom. The van der Waals surface area contributed by atoms with Crippen LogP contribution < -0.4 is 20.7 Å². The van der Waals surface area contributed by atoms with Crippen molar-refractivity contribution in [2.24, 2.45) is 4.99 Å². The molecule has 0 radical (unpaired) electrons. The van der Waals surface area contributed by atoms with Gasteiger partial charge in [-0.05, 0) is 47.4 Å². The molecule has 172 valence electrons. The Morgan fingerprint density at radius 3 is 2.40 bits per heavy atom. The molecule has 0 bridgehead atoms. The van der Waals surface area contributed by atoms with Gasteiger partial charge in [-0.3, -0.25) is 4.99 Å². The van der Waals surface area contributed by atoms with Crippen LogP contribution in [0.4, 0.5) is 4.79 Å². The fourth-order valence-electron chi connectivity index (χ4n) is 2.33. The summed E-state index contributed by atoms with van der Waals surface area (Å²) in [6.07, 6.45) is 0.357. The predicted molar refractivity (Wildman–Crippen MR) is 133 cm³/mol. The molecular weight excluding hydrogens is 497 g/mol. The minimum atomic E-state index is -0.485. The van der Waals surface area contributed by atoms with Gasteiger partial charge in [0.1, 0.15) is 18.0 Å². The number of ether oxygens (including phenoxy) is 2. The summed E-state index contributed by atoms with van der Waals surface area (Å²) >= 11 is 0. The van der Waals surface area contributed by atoms with Gasteiger partial charge in [0, 0.05) is 38.8 Å². The van der Waals surface area contributed by atoms with Crippen molar-refractivity contribution in [2.75, 3.05) is 47.4 Å². The van der Waals surface area contributed by atoms with E-state index in [2.05, 4.69) is 25.8 Å². The molecule has 1 aromatic rings. The number of guanidine groups is 1. The highest BCUT2D eigenvalue weighted by molar-refractivity contribution is 14.0. The van der Waals surface area contributed by atoms with Crippen LogP contribution in [0.1, 0.15) is 32.8 Å². The molecule has 0 aliphatic rings. The Hall–Kier alpha value is -1.75. The molecule has 0 aromatic heterocycles. The van der Waals surface area contributed by atoms with Crippen LogP contribution >= 0.6 is 24.0 Å². The summed E-state index contributed by atoms with van der Waals surface area (Å²) in [7, 11) is 5.78. The maximum atomic E-state index is 11.6. The maximum absolute atomic E-state index is 11.6. The van der Waals surface area contributed by atoms with Crippen molar-refractivity contribution < 1.29 is 14.3 Å². The predicted octanol–water partition coefficient (Wildman–Crippen LogP) is 2.82. The molecule has 0 heterocycles. The van der Waals surface area contributed by atoms with Gasteiger partial charge in [-0.25, -0.2) is 4.79 Å². The minimum absolute atomic E-state index is 0. The van der Waals surface area contributed by atoms with Gasteiger partial charge in [0.15, 0.2) is 5.96 Å². The third kappa shape index (κ3) is 13.5. The number of alkyl carbamates (subject to hydrolysis) is 1.